The topological polar surface area (TPSA) is 106 Å². The molecule has 2 aromatic heterocycles. The molecular formula is C26H23ClN4O4S2. The molecule has 0 atom stereocenters. The maximum atomic E-state index is 13.7. The number of phenols is 1. The number of hydrogen-bond acceptors (Lipinski definition) is 8. The van der Waals surface area contributed by atoms with Gasteiger partial charge in [0.25, 0.3) is 11.5 Å². The first kappa shape index (κ1) is 25.3. The van der Waals surface area contributed by atoms with Crippen molar-refractivity contribution in [2.45, 2.75) is 30.8 Å². The van der Waals surface area contributed by atoms with Crippen LogP contribution < -0.4 is 15.7 Å². The lowest BCUT2D eigenvalue weighted by Crippen LogP contribution is -2.24. The van der Waals surface area contributed by atoms with Gasteiger partial charge in [0.15, 0.2) is 16.7 Å². The van der Waals surface area contributed by atoms with Gasteiger partial charge in [0.2, 0.25) is 0 Å². The molecule has 0 saturated carbocycles. The summed E-state index contributed by atoms with van der Waals surface area (Å²) in [5.74, 6) is -0.0209. The fraction of sp³-hybridized carbons (Fsp3) is 0.231. The smallest absolute Gasteiger partial charge is 0.267 e. The van der Waals surface area contributed by atoms with Gasteiger partial charge in [-0.3, -0.25) is 14.2 Å². The number of hydrogen-bond donors (Lipinski definition) is 2. The number of hydrazone groups is 1. The summed E-state index contributed by atoms with van der Waals surface area (Å²) in [5, 5.41) is 15.4. The Bertz CT molecular complexity index is 1560. The number of rotatable bonds is 7. The lowest BCUT2D eigenvalue weighted by atomic mass is 9.97. The number of carbonyl (C=O) groups excluding carboxylic acids is 1. The van der Waals surface area contributed by atoms with E-state index in [0.717, 1.165) is 31.2 Å². The molecule has 190 valence electrons. The van der Waals surface area contributed by atoms with Gasteiger partial charge in [0, 0.05) is 9.90 Å². The average Bonchev–Trinajstić information content (AvgIpc) is 3.28. The summed E-state index contributed by atoms with van der Waals surface area (Å²) in [6.45, 7) is 0. The van der Waals surface area contributed by atoms with Crippen molar-refractivity contribution in [3.8, 4) is 17.2 Å². The van der Waals surface area contributed by atoms with Crippen molar-refractivity contribution < 1.29 is 14.6 Å². The van der Waals surface area contributed by atoms with Gasteiger partial charge in [0.1, 0.15) is 4.83 Å². The molecule has 1 amide bonds. The molecule has 0 saturated heterocycles. The number of ether oxygens (including phenoxy) is 1. The molecule has 0 spiro atoms. The Balaban J connectivity index is 1.40. The van der Waals surface area contributed by atoms with E-state index in [1.165, 1.54) is 36.0 Å². The average molecular weight is 555 g/mol. The lowest BCUT2D eigenvalue weighted by Gasteiger charge is -2.13. The molecule has 1 aliphatic carbocycles. The third-order valence-corrected chi connectivity index (χ3v) is 8.36. The number of amides is 1. The Kier molecular flexibility index (Phi) is 7.50. The number of halogens is 1. The Hall–Kier alpha value is -3.34. The molecule has 5 rings (SSSR count). The van der Waals surface area contributed by atoms with Crippen LogP contribution in [0.2, 0.25) is 5.02 Å². The van der Waals surface area contributed by atoms with E-state index >= 15 is 0 Å². The van der Waals surface area contributed by atoms with Crippen LogP contribution in [0.5, 0.6) is 11.5 Å². The maximum Gasteiger partial charge on any atom is 0.267 e. The Morgan fingerprint density at radius 2 is 2.05 bits per heavy atom. The molecule has 2 aromatic carbocycles. The van der Waals surface area contributed by atoms with Crippen molar-refractivity contribution in [3.05, 3.63) is 73.8 Å². The number of thioether (sulfide) groups is 1. The van der Waals surface area contributed by atoms with Crippen LogP contribution in [0.4, 0.5) is 0 Å². The highest BCUT2D eigenvalue weighted by Crippen LogP contribution is 2.35. The predicted molar refractivity (Wildman–Crippen MR) is 148 cm³/mol. The van der Waals surface area contributed by atoms with Crippen LogP contribution >= 0.6 is 34.7 Å². The number of thiophene rings is 1. The molecule has 0 unspecified atom stereocenters. The molecule has 0 bridgehead atoms. The number of aromatic hydroxyl groups is 1. The molecule has 4 aromatic rings. The number of nitrogens with one attached hydrogen (secondary N) is 1. The number of nitrogens with zero attached hydrogens (tertiary/aromatic N) is 3. The highest BCUT2D eigenvalue weighted by atomic mass is 35.5. The third kappa shape index (κ3) is 5.36. The van der Waals surface area contributed by atoms with Crippen molar-refractivity contribution in [1.29, 1.82) is 0 Å². The maximum absolute atomic E-state index is 13.7. The fourth-order valence-electron chi connectivity index (χ4n) is 4.22. The lowest BCUT2D eigenvalue weighted by molar-refractivity contribution is -0.118. The molecule has 2 heterocycles. The van der Waals surface area contributed by atoms with Crippen molar-refractivity contribution in [1.82, 2.24) is 15.0 Å². The molecule has 37 heavy (non-hydrogen) atoms. The minimum Gasteiger partial charge on any atom is -0.504 e. The second-order valence-corrected chi connectivity index (χ2v) is 10.9. The number of aryl methyl sites for hydroxylation is 2. The van der Waals surface area contributed by atoms with Crippen molar-refractivity contribution >= 4 is 57.0 Å². The molecule has 2 N–H and O–H groups in total. The summed E-state index contributed by atoms with van der Waals surface area (Å²) < 4.78 is 6.64. The highest BCUT2D eigenvalue weighted by Gasteiger charge is 2.23. The monoisotopic (exact) mass is 554 g/mol. The zero-order valence-electron chi connectivity index (χ0n) is 19.9. The summed E-state index contributed by atoms with van der Waals surface area (Å²) in [5.41, 5.74) is 4.76. The van der Waals surface area contributed by atoms with E-state index in [2.05, 4.69) is 10.5 Å². The van der Waals surface area contributed by atoms with E-state index in [9.17, 15) is 14.7 Å². The second kappa shape index (κ2) is 11.0. The van der Waals surface area contributed by atoms with Crippen molar-refractivity contribution in [3.63, 3.8) is 0 Å². The van der Waals surface area contributed by atoms with Crippen LogP contribution in [0.15, 0.2) is 57.5 Å². The zero-order chi connectivity index (χ0) is 25.9. The Labute approximate surface area is 226 Å². The van der Waals surface area contributed by atoms with E-state index in [-0.39, 0.29) is 23.0 Å². The fourth-order valence-corrected chi connectivity index (χ4v) is 6.45. The standard InChI is InChI=1S/C26H23ClN4O4S2/c1-35-20-12-15(6-11-19(20)32)13-28-30-22(33)14-36-26-29-24-23(18-4-2-3-5-21(18)37-24)25(34)31(26)17-9-7-16(27)8-10-17/h6-13,32H,2-5,14H2,1H3,(H,30,33). The van der Waals surface area contributed by atoms with Gasteiger partial charge >= 0.3 is 0 Å². The first-order valence-corrected chi connectivity index (χ1v) is 13.8. The Morgan fingerprint density at radius 3 is 2.84 bits per heavy atom. The number of phenolic OH excluding ortho intramolecular Hbond substituents is 1. The zero-order valence-corrected chi connectivity index (χ0v) is 22.3. The van der Waals surface area contributed by atoms with Crippen LogP contribution in [0.25, 0.3) is 15.9 Å². The normalized spacial score (nSPS) is 13.1. The van der Waals surface area contributed by atoms with Crippen LogP contribution in [0, 0.1) is 0 Å². The van der Waals surface area contributed by atoms with Crippen LogP contribution in [0.1, 0.15) is 28.8 Å². The number of benzene rings is 2. The summed E-state index contributed by atoms with van der Waals surface area (Å²) in [4.78, 5) is 33.1. The molecule has 1 aliphatic rings. The summed E-state index contributed by atoms with van der Waals surface area (Å²) in [6, 6.07) is 11.7. The van der Waals surface area contributed by atoms with E-state index in [1.807, 2.05) is 0 Å². The molecule has 0 radical (unpaired) electrons. The minimum absolute atomic E-state index is 0.00681. The summed E-state index contributed by atoms with van der Waals surface area (Å²) in [7, 11) is 1.45. The molecule has 11 heteroatoms. The summed E-state index contributed by atoms with van der Waals surface area (Å²) in [6.07, 6.45) is 5.48. The predicted octanol–water partition coefficient (Wildman–Crippen LogP) is 4.94. The van der Waals surface area contributed by atoms with Gasteiger partial charge in [-0.25, -0.2) is 10.4 Å². The first-order chi connectivity index (χ1) is 17.9. The van der Waals surface area contributed by atoms with Crippen molar-refractivity contribution in [2.24, 2.45) is 5.10 Å². The second-order valence-electron chi connectivity index (χ2n) is 8.42. The van der Waals surface area contributed by atoms with Crippen molar-refractivity contribution in [2.75, 3.05) is 12.9 Å². The number of methoxy groups -OCH3 is 1. The summed E-state index contributed by atoms with van der Waals surface area (Å²) >= 11 is 8.82. The van der Waals surface area contributed by atoms with E-state index in [1.54, 1.807) is 52.3 Å². The van der Waals surface area contributed by atoms with Gasteiger partial charge in [0.05, 0.1) is 30.2 Å². The largest absolute Gasteiger partial charge is 0.504 e. The molecule has 0 fully saturated rings. The molecular weight excluding hydrogens is 532 g/mol. The highest BCUT2D eigenvalue weighted by molar-refractivity contribution is 7.99. The minimum atomic E-state index is -0.352. The Morgan fingerprint density at radius 1 is 1.27 bits per heavy atom. The number of fused-ring (bicyclic) bond motifs is 3. The third-order valence-electron chi connectivity index (χ3n) is 5.98. The number of carbonyl (C=O) groups is 1. The van der Waals surface area contributed by atoms with Crippen LogP contribution in [0.3, 0.4) is 0 Å². The van der Waals surface area contributed by atoms with E-state index in [4.69, 9.17) is 21.3 Å². The quantitative estimate of drug-likeness (QED) is 0.145. The van der Waals surface area contributed by atoms with Gasteiger partial charge < -0.3 is 9.84 Å². The van der Waals surface area contributed by atoms with E-state index in [0.29, 0.717) is 37.4 Å². The SMILES string of the molecule is COc1cc(C=NNC(=O)CSc2nc3sc4c(c3c(=O)n2-c2ccc(Cl)cc2)CCCC4)ccc1O. The van der Waals surface area contributed by atoms with Gasteiger partial charge in [-0.2, -0.15) is 5.10 Å². The van der Waals surface area contributed by atoms with Gasteiger partial charge in [-0.15, -0.1) is 11.3 Å². The van der Waals surface area contributed by atoms with Crippen LogP contribution in [-0.4, -0.2) is 39.6 Å². The molecule has 0 aliphatic heterocycles. The van der Waals surface area contributed by atoms with Gasteiger partial charge in [-0.1, -0.05) is 23.4 Å². The van der Waals surface area contributed by atoms with E-state index < -0.39 is 0 Å². The van der Waals surface area contributed by atoms with Crippen LogP contribution in [-0.2, 0) is 17.6 Å². The first-order valence-electron chi connectivity index (χ1n) is 11.6. The number of aromatic nitrogens is 2. The van der Waals surface area contributed by atoms with Gasteiger partial charge in [-0.05, 0) is 79.3 Å². The molecule has 8 nitrogen and oxygen atoms in total.